The highest BCUT2D eigenvalue weighted by molar-refractivity contribution is 6.31. The minimum Gasteiger partial charge on any atom is -0.494 e. The van der Waals surface area contributed by atoms with Gasteiger partial charge in [-0.3, -0.25) is 9.69 Å². The number of nitrogens with zero attached hydrogens (tertiary/aromatic N) is 1. The number of piperidine rings is 1. The number of ether oxygens (including phenoxy) is 1. The van der Waals surface area contributed by atoms with E-state index in [-0.39, 0.29) is 11.6 Å². The topological polar surface area (TPSA) is 49.8 Å². The van der Waals surface area contributed by atoms with Crippen molar-refractivity contribution in [2.24, 2.45) is 5.92 Å². The van der Waals surface area contributed by atoms with E-state index in [1.165, 1.54) is 6.07 Å². The van der Waals surface area contributed by atoms with E-state index in [0.717, 1.165) is 11.6 Å². The smallest absolute Gasteiger partial charge is 0.417 e. The van der Waals surface area contributed by atoms with Gasteiger partial charge in [-0.2, -0.15) is 13.2 Å². The Hall–Kier alpha value is -2.25. The number of rotatable bonds is 6. The van der Waals surface area contributed by atoms with Gasteiger partial charge >= 0.3 is 12.1 Å². The Bertz CT molecular complexity index is 903. The number of hydrogen-bond donors (Lipinski definition) is 1. The summed E-state index contributed by atoms with van der Waals surface area (Å²) in [7, 11) is 0. The van der Waals surface area contributed by atoms with Crippen LogP contribution < -0.4 is 4.74 Å². The average molecular weight is 442 g/mol. The van der Waals surface area contributed by atoms with Crippen molar-refractivity contribution < 1.29 is 27.8 Å². The molecule has 1 aliphatic heterocycles. The first-order valence-corrected chi connectivity index (χ1v) is 10.1. The number of carboxylic acids is 1. The van der Waals surface area contributed by atoms with Crippen LogP contribution in [0, 0.1) is 5.92 Å². The predicted octanol–water partition coefficient (Wildman–Crippen LogP) is 5.64. The number of hydrogen-bond acceptors (Lipinski definition) is 3. The number of aliphatic carboxylic acids is 1. The zero-order valence-corrected chi connectivity index (χ0v) is 17.2. The minimum atomic E-state index is -4.59. The number of alkyl halides is 3. The first kappa shape index (κ1) is 22.4. The number of carbonyl (C=O) groups is 1. The molecular formula is C22H23ClF3NO3. The lowest BCUT2D eigenvalue weighted by Crippen LogP contribution is -2.41. The fourth-order valence-corrected chi connectivity index (χ4v) is 4.15. The van der Waals surface area contributed by atoms with Crippen molar-refractivity contribution in [2.75, 3.05) is 19.7 Å². The number of carboxylic acid groups (broad SMARTS) is 1. The molecule has 2 unspecified atom stereocenters. The molecule has 162 valence electrons. The normalized spacial score (nSPS) is 18.8. The third-order valence-electron chi connectivity index (χ3n) is 5.26. The molecule has 1 saturated heterocycles. The highest BCUT2D eigenvalue weighted by atomic mass is 35.5. The largest absolute Gasteiger partial charge is 0.494 e. The second kappa shape index (κ2) is 9.27. The number of benzene rings is 2. The molecule has 1 aliphatic rings. The van der Waals surface area contributed by atoms with E-state index < -0.39 is 29.7 Å². The maximum absolute atomic E-state index is 13.5. The quantitative estimate of drug-likeness (QED) is 0.630. The van der Waals surface area contributed by atoms with Crippen LogP contribution in [0.4, 0.5) is 13.2 Å². The van der Waals surface area contributed by atoms with Gasteiger partial charge in [-0.15, -0.1) is 0 Å². The molecule has 0 spiro atoms. The summed E-state index contributed by atoms with van der Waals surface area (Å²) < 4.78 is 46.0. The first-order valence-electron chi connectivity index (χ1n) is 9.77. The van der Waals surface area contributed by atoms with Gasteiger partial charge in [0.05, 0.1) is 29.2 Å². The van der Waals surface area contributed by atoms with Gasteiger partial charge in [0.1, 0.15) is 5.75 Å². The highest BCUT2D eigenvalue weighted by Crippen LogP contribution is 2.40. The predicted molar refractivity (Wildman–Crippen MR) is 108 cm³/mol. The Morgan fingerprint density at radius 2 is 2.00 bits per heavy atom. The van der Waals surface area contributed by atoms with Crippen molar-refractivity contribution in [3.8, 4) is 5.75 Å². The van der Waals surface area contributed by atoms with Crippen LogP contribution in [0.2, 0.25) is 5.02 Å². The summed E-state index contributed by atoms with van der Waals surface area (Å²) in [5.41, 5.74) is 0.244. The molecule has 0 aromatic heterocycles. The second-order valence-electron chi connectivity index (χ2n) is 7.32. The molecule has 4 nitrogen and oxygen atoms in total. The van der Waals surface area contributed by atoms with Crippen LogP contribution in [0.15, 0.2) is 42.5 Å². The Morgan fingerprint density at radius 3 is 2.67 bits per heavy atom. The zero-order chi connectivity index (χ0) is 21.9. The maximum atomic E-state index is 13.5. The molecule has 0 radical (unpaired) electrons. The van der Waals surface area contributed by atoms with E-state index in [1.807, 2.05) is 17.9 Å². The molecule has 30 heavy (non-hydrogen) atoms. The molecule has 8 heteroatoms. The summed E-state index contributed by atoms with van der Waals surface area (Å²) in [6.45, 7) is 3.14. The van der Waals surface area contributed by atoms with E-state index >= 15 is 0 Å². The van der Waals surface area contributed by atoms with Crippen molar-refractivity contribution in [3.63, 3.8) is 0 Å². The summed E-state index contributed by atoms with van der Waals surface area (Å²) in [5.74, 6) is -0.851. The lowest BCUT2D eigenvalue weighted by molar-refractivity contribution is -0.143. The summed E-state index contributed by atoms with van der Waals surface area (Å²) in [6.07, 6.45) is -3.39. The van der Waals surface area contributed by atoms with Crippen LogP contribution in [-0.2, 0) is 11.0 Å². The van der Waals surface area contributed by atoms with Gasteiger partial charge in [-0.25, -0.2) is 0 Å². The monoisotopic (exact) mass is 441 g/mol. The fraction of sp³-hybridized carbons (Fsp3) is 0.409. The van der Waals surface area contributed by atoms with Crippen LogP contribution in [0.3, 0.4) is 0 Å². The van der Waals surface area contributed by atoms with Crippen molar-refractivity contribution in [2.45, 2.75) is 32.0 Å². The van der Waals surface area contributed by atoms with Crippen LogP contribution in [0.1, 0.15) is 42.5 Å². The molecule has 2 aromatic carbocycles. The summed E-state index contributed by atoms with van der Waals surface area (Å²) >= 11 is 5.82. The van der Waals surface area contributed by atoms with Gasteiger partial charge in [0.2, 0.25) is 0 Å². The standard InChI is InChI=1S/C22H23ClF3NO3/c1-2-30-17-7-3-5-14(11-17)20(27-10-4-6-16(13-27)21(28)29)15-8-9-19(23)18(12-15)22(24,25)26/h3,5,7-9,11-12,16,20H,2,4,6,10,13H2,1H3,(H,28,29). The lowest BCUT2D eigenvalue weighted by Gasteiger charge is -2.38. The van der Waals surface area contributed by atoms with Crippen molar-refractivity contribution in [3.05, 3.63) is 64.2 Å². The summed E-state index contributed by atoms with van der Waals surface area (Å²) in [5, 5.41) is 9.10. The van der Waals surface area contributed by atoms with E-state index in [0.29, 0.717) is 37.3 Å². The number of likely N-dealkylation sites (tertiary alicyclic amines) is 1. The van der Waals surface area contributed by atoms with Crippen LogP contribution in [0.25, 0.3) is 0 Å². The molecular weight excluding hydrogens is 419 g/mol. The molecule has 1 N–H and O–H groups in total. The Balaban J connectivity index is 2.08. The van der Waals surface area contributed by atoms with Crippen molar-refractivity contribution in [1.82, 2.24) is 4.90 Å². The third kappa shape index (κ3) is 5.08. The Labute approximate surface area is 178 Å². The van der Waals surface area contributed by atoms with Crippen LogP contribution in [0.5, 0.6) is 5.75 Å². The molecule has 2 aromatic rings. The maximum Gasteiger partial charge on any atom is 0.417 e. The molecule has 2 atom stereocenters. The minimum absolute atomic E-state index is 0.253. The molecule has 0 bridgehead atoms. The van der Waals surface area contributed by atoms with E-state index in [2.05, 4.69) is 0 Å². The SMILES string of the molecule is CCOc1cccc(C(c2ccc(Cl)c(C(F)(F)F)c2)N2CCCC(C(=O)O)C2)c1. The van der Waals surface area contributed by atoms with Crippen molar-refractivity contribution >= 4 is 17.6 Å². The molecule has 1 fully saturated rings. The number of halogens is 4. The van der Waals surface area contributed by atoms with E-state index in [1.54, 1.807) is 24.3 Å². The van der Waals surface area contributed by atoms with Gasteiger partial charge < -0.3 is 9.84 Å². The highest BCUT2D eigenvalue weighted by Gasteiger charge is 2.36. The first-order chi connectivity index (χ1) is 14.2. The second-order valence-corrected chi connectivity index (χ2v) is 7.72. The zero-order valence-electron chi connectivity index (χ0n) is 16.5. The van der Waals surface area contributed by atoms with Crippen molar-refractivity contribution in [1.29, 1.82) is 0 Å². The van der Waals surface area contributed by atoms with E-state index in [9.17, 15) is 23.1 Å². The lowest BCUT2D eigenvalue weighted by atomic mass is 9.90. The molecule has 0 aliphatic carbocycles. The van der Waals surface area contributed by atoms with Gasteiger partial charge in [0.15, 0.2) is 0 Å². The van der Waals surface area contributed by atoms with Crippen LogP contribution in [-0.4, -0.2) is 35.7 Å². The molecule has 3 rings (SSSR count). The summed E-state index contributed by atoms with van der Waals surface area (Å²) in [4.78, 5) is 13.5. The van der Waals surface area contributed by atoms with Gasteiger partial charge in [0, 0.05) is 6.54 Å². The van der Waals surface area contributed by atoms with Gasteiger partial charge in [0.25, 0.3) is 0 Å². The average Bonchev–Trinajstić information content (AvgIpc) is 2.69. The third-order valence-corrected chi connectivity index (χ3v) is 5.59. The van der Waals surface area contributed by atoms with Crippen LogP contribution >= 0.6 is 11.6 Å². The van der Waals surface area contributed by atoms with Gasteiger partial charge in [-0.05, 0) is 61.7 Å². The molecule has 1 heterocycles. The summed E-state index contributed by atoms with van der Waals surface area (Å²) in [6, 6.07) is 10.5. The van der Waals surface area contributed by atoms with Gasteiger partial charge in [-0.1, -0.05) is 29.8 Å². The Morgan fingerprint density at radius 1 is 1.27 bits per heavy atom. The molecule has 0 amide bonds. The Kier molecular flexibility index (Phi) is 6.93. The van der Waals surface area contributed by atoms with E-state index in [4.69, 9.17) is 16.3 Å². The fourth-order valence-electron chi connectivity index (χ4n) is 3.93. The molecule has 0 saturated carbocycles.